The number of nitrogens with zero attached hydrogens (tertiary/aromatic N) is 1. The van der Waals surface area contributed by atoms with Gasteiger partial charge in [-0.1, -0.05) is 20.8 Å². The van der Waals surface area contributed by atoms with Gasteiger partial charge in [-0.05, 0) is 25.3 Å². The van der Waals surface area contributed by atoms with Crippen molar-refractivity contribution in [1.82, 2.24) is 10.2 Å². The molecule has 1 atom stereocenters. The summed E-state index contributed by atoms with van der Waals surface area (Å²) in [6, 6.07) is 0.113. The van der Waals surface area contributed by atoms with Crippen molar-refractivity contribution in [3.63, 3.8) is 0 Å². The molecule has 0 heterocycles. The van der Waals surface area contributed by atoms with Crippen molar-refractivity contribution in [2.24, 2.45) is 5.41 Å². The molecule has 3 nitrogen and oxygen atoms in total. The van der Waals surface area contributed by atoms with Crippen LogP contribution in [-0.2, 0) is 0 Å². The van der Waals surface area contributed by atoms with Gasteiger partial charge in [-0.2, -0.15) is 13.2 Å². The van der Waals surface area contributed by atoms with Crippen LogP contribution in [0.3, 0.4) is 0 Å². The molecule has 0 radical (unpaired) electrons. The molecule has 0 aromatic rings. The van der Waals surface area contributed by atoms with Crippen molar-refractivity contribution in [2.75, 3.05) is 32.8 Å². The molecule has 6 heteroatoms. The van der Waals surface area contributed by atoms with Crippen molar-refractivity contribution in [3.05, 3.63) is 0 Å². The van der Waals surface area contributed by atoms with Gasteiger partial charge >= 0.3 is 6.18 Å². The van der Waals surface area contributed by atoms with Crippen LogP contribution in [0.25, 0.3) is 0 Å². The minimum absolute atomic E-state index is 0.0451. The van der Waals surface area contributed by atoms with Crippen molar-refractivity contribution in [3.8, 4) is 0 Å². The lowest BCUT2D eigenvalue weighted by Gasteiger charge is -2.37. The molecule has 0 aliphatic rings. The van der Waals surface area contributed by atoms with Crippen LogP contribution in [-0.4, -0.2) is 55.0 Å². The Balaban J connectivity index is 4.53. The summed E-state index contributed by atoms with van der Waals surface area (Å²) < 4.78 is 37.4. The highest BCUT2D eigenvalue weighted by Gasteiger charge is 2.34. The van der Waals surface area contributed by atoms with E-state index in [9.17, 15) is 13.2 Å². The Kier molecular flexibility index (Phi) is 7.93. The molecule has 0 saturated heterocycles. The monoisotopic (exact) mass is 284 g/mol. The molecule has 116 valence electrons. The van der Waals surface area contributed by atoms with Gasteiger partial charge < -0.3 is 10.4 Å². The van der Waals surface area contributed by atoms with Gasteiger partial charge in [-0.25, -0.2) is 0 Å². The summed E-state index contributed by atoms with van der Waals surface area (Å²) in [5, 5.41) is 12.2. The maximum absolute atomic E-state index is 12.5. The van der Waals surface area contributed by atoms with E-state index in [1.54, 1.807) is 0 Å². The third-order valence-electron chi connectivity index (χ3n) is 3.32. The van der Waals surface area contributed by atoms with E-state index in [1.807, 2.05) is 20.8 Å². The zero-order valence-electron chi connectivity index (χ0n) is 12.3. The molecule has 2 N–H and O–H groups in total. The number of alkyl halides is 3. The van der Waals surface area contributed by atoms with Gasteiger partial charge in [0.1, 0.15) is 0 Å². The van der Waals surface area contributed by atoms with Crippen LogP contribution in [0.5, 0.6) is 0 Å². The van der Waals surface area contributed by atoms with Gasteiger partial charge in [-0.3, -0.25) is 4.90 Å². The molecule has 0 amide bonds. The van der Waals surface area contributed by atoms with Gasteiger partial charge in [0.15, 0.2) is 0 Å². The summed E-state index contributed by atoms with van der Waals surface area (Å²) in [6.45, 7) is 7.88. The molecule has 0 aromatic carbocycles. The Labute approximate surface area is 114 Å². The van der Waals surface area contributed by atoms with E-state index in [-0.39, 0.29) is 24.6 Å². The number of aliphatic hydroxyl groups is 1. The minimum Gasteiger partial charge on any atom is -0.395 e. The van der Waals surface area contributed by atoms with Crippen LogP contribution < -0.4 is 5.32 Å². The van der Waals surface area contributed by atoms with Crippen LogP contribution in [0.2, 0.25) is 0 Å². The maximum Gasteiger partial charge on any atom is 0.401 e. The largest absolute Gasteiger partial charge is 0.401 e. The summed E-state index contributed by atoms with van der Waals surface area (Å²) in [6.07, 6.45) is -3.24. The molecule has 0 aliphatic heterocycles. The van der Waals surface area contributed by atoms with E-state index in [4.69, 9.17) is 5.11 Å². The Morgan fingerprint density at radius 1 is 1.21 bits per heavy atom. The molecular weight excluding hydrogens is 257 g/mol. The summed E-state index contributed by atoms with van der Waals surface area (Å²) in [5.41, 5.74) is -0.296. The van der Waals surface area contributed by atoms with Crippen LogP contribution in [0.4, 0.5) is 13.2 Å². The molecule has 19 heavy (non-hydrogen) atoms. The second kappa shape index (κ2) is 8.07. The number of halogens is 3. The van der Waals surface area contributed by atoms with Crippen molar-refractivity contribution in [1.29, 1.82) is 0 Å². The third kappa shape index (κ3) is 8.44. The van der Waals surface area contributed by atoms with Crippen molar-refractivity contribution >= 4 is 0 Å². The average Bonchev–Trinajstić information content (AvgIpc) is 2.23. The van der Waals surface area contributed by atoms with Crippen LogP contribution in [0.1, 0.15) is 34.1 Å². The third-order valence-corrected chi connectivity index (χ3v) is 3.32. The Morgan fingerprint density at radius 3 is 2.21 bits per heavy atom. The fourth-order valence-electron chi connectivity index (χ4n) is 1.96. The topological polar surface area (TPSA) is 35.5 Å². The molecule has 0 rings (SSSR count). The first kappa shape index (κ1) is 18.7. The Bertz CT molecular complexity index is 245. The van der Waals surface area contributed by atoms with Gasteiger partial charge in [-0.15, -0.1) is 0 Å². The smallest absolute Gasteiger partial charge is 0.395 e. The maximum atomic E-state index is 12.5. The van der Waals surface area contributed by atoms with Crippen LogP contribution in [0.15, 0.2) is 0 Å². The van der Waals surface area contributed by atoms with Crippen molar-refractivity contribution in [2.45, 2.75) is 46.3 Å². The summed E-state index contributed by atoms with van der Waals surface area (Å²) in [4.78, 5) is 1.27. The summed E-state index contributed by atoms with van der Waals surface area (Å²) >= 11 is 0. The summed E-state index contributed by atoms with van der Waals surface area (Å²) in [7, 11) is 0. The lowest BCUT2D eigenvalue weighted by Crippen LogP contribution is -2.49. The number of hydrogen-bond acceptors (Lipinski definition) is 3. The molecule has 0 fully saturated rings. The number of hydrogen-bond donors (Lipinski definition) is 2. The van der Waals surface area contributed by atoms with Gasteiger partial charge in [0.25, 0.3) is 0 Å². The molecule has 0 aromatic heterocycles. The lowest BCUT2D eigenvalue weighted by atomic mass is 9.84. The molecule has 1 unspecified atom stereocenters. The predicted molar refractivity (Wildman–Crippen MR) is 71.1 cm³/mol. The van der Waals surface area contributed by atoms with Gasteiger partial charge in [0, 0.05) is 19.1 Å². The lowest BCUT2D eigenvalue weighted by molar-refractivity contribution is -0.150. The highest BCUT2D eigenvalue weighted by Crippen LogP contribution is 2.24. The van der Waals surface area contributed by atoms with Gasteiger partial charge in [0.2, 0.25) is 0 Å². The minimum atomic E-state index is -4.23. The molecule has 0 aliphatic carbocycles. The van der Waals surface area contributed by atoms with E-state index in [1.165, 1.54) is 4.90 Å². The number of nitrogens with one attached hydrogen (secondary N) is 1. The quantitative estimate of drug-likeness (QED) is 0.682. The van der Waals surface area contributed by atoms with E-state index in [0.29, 0.717) is 6.54 Å². The Morgan fingerprint density at radius 2 is 1.79 bits per heavy atom. The van der Waals surface area contributed by atoms with E-state index < -0.39 is 12.7 Å². The molecule has 0 bridgehead atoms. The first-order valence-corrected chi connectivity index (χ1v) is 6.75. The molecule has 0 saturated carbocycles. The van der Waals surface area contributed by atoms with Gasteiger partial charge in [0.05, 0.1) is 13.2 Å². The first-order chi connectivity index (χ1) is 8.62. The highest BCUT2D eigenvalue weighted by molar-refractivity contribution is 4.84. The van der Waals surface area contributed by atoms with Crippen LogP contribution in [0, 0.1) is 5.41 Å². The van der Waals surface area contributed by atoms with E-state index in [2.05, 4.69) is 12.2 Å². The zero-order valence-corrected chi connectivity index (χ0v) is 12.3. The first-order valence-electron chi connectivity index (χ1n) is 6.75. The Hall–Kier alpha value is -0.330. The standard InChI is InChI=1S/C13H27F3N2O/c1-5-6-17-11(2)12(3,4)9-18(7-8-19)10-13(14,15)16/h11,17,19H,5-10H2,1-4H3. The van der Waals surface area contributed by atoms with E-state index in [0.717, 1.165) is 13.0 Å². The van der Waals surface area contributed by atoms with Crippen LogP contribution >= 0.6 is 0 Å². The van der Waals surface area contributed by atoms with E-state index >= 15 is 0 Å². The molecular formula is C13H27F3N2O. The fourth-order valence-corrected chi connectivity index (χ4v) is 1.96. The fraction of sp³-hybridized carbons (Fsp3) is 1.00. The number of rotatable bonds is 9. The second-order valence-electron chi connectivity index (χ2n) is 5.71. The zero-order chi connectivity index (χ0) is 15.1. The summed E-state index contributed by atoms with van der Waals surface area (Å²) in [5.74, 6) is 0. The number of aliphatic hydroxyl groups excluding tert-OH is 1. The molecule has 0 spiro atoms. The SMILES string of the molecule is CCCNC(C)C(C)(C)CN(CCO)CC(F)(F)F. The average molecular weight is 284 g/mol. The highest BCUT2D eigenvalue weighted by atomic mass is 19.4. The predicted octanol–water partition coefficient (Wildman–Crippen LogP) is 2.26. The normalized spacial score (nSPS) is 15.0. The second-order valence-corrected chi connectivity index (χ2v) is 5.71. The van der Waals surface area contributed by atoms with Crippen molar-refractivity contribution < 1.29 is 18.3 Å².